The number of ether oxygens (including phenoxy) is 1. The van der Waals surface area contributed by atoms with Gasteiger partial charge in [0.05, 0.1) is 12.2 Å². The molecule has 0 radical (unpaired) electrons. The summed E-state index contributed by atoms with van der Waals surface area (Å²) in [7, 11) is 1.75. The third-order valence-electron chi connectivity index (χ3n) is 4.70. The summed E-state index contributed by atoms with van der Waals surface area (Å²) in [5.41, 5.74) is 2.22. The van der Waals surface area contributed by atoms with Crippen molar-refractivity contribution in [2.45, 2.75) is 31.8 Å². The molecule has 6 heteroatoms. The second kappa shape index (κ2) is 8.95. The van der Waals surface area contributed by atoms with Gasteiger partial charge in [0.2, 0.25) is 0 Å². The van der Waals surface area contributed by atoms with E-state index in [1.165, 1.54) is 24.2 Å². The number of anilines is 1. The average molecular weight is 369 g/mol. The molecule has 1 atom stereocenters. The maximum Gasteiger partial charge on any atom is 0.256 e. The Morgan fingerprint density at radius 2 is 2.31 bits per heavy atom. The third kappa shape index (κ3) is 4.50. The van der Waals surface area contributed by atoms with Crippen LogP contribution < -0.4 is 5.32 Å². The summed E-state index contributed by atoms with van der Waals surface area (Å²) in [5.74, 6) is -0.183. The maximum atomic E-state index is 12.5. The minimum Gasteiger partial charge on any atom is -0.383 e. The standard InChI is InChI=1S/C20H23N3O2S/c1-25-14-18-7-2-3-9-23(18)13-15-5-4-6-16(11-15)19(24)22-20-17(12-21)8-10-26-20/h4-6,8,10-11,18H,2-3,7,9,13-14H2,1H3,(H,22,24). The van der Waals surface area contributed by atoms with Gasteiger partial charge in [-0.2, -0.15) is 5.26 Å². The molecule has 1 aromatic heterocycles. The topological polar surface area (TPSA) is 65.4 Å². The van der Waals surface area contributed by atoms with Crippen LogP contribution >= 0.6 is 11.3 Å². The Morgan fingerprint density at radius 3 is 3.12 bits per heavy atom. The number of benzene rings is 1. The molecule has 2 heterocycles. The van der Waals surface area contributed by atoms with Gasteiger partial charge in [0.25, 0.3) is 5.91 Å². The number of nitrogens with one attached hydrogen (secondary N) is 1. The number of amides is 1. The zero-order chi connectivity index (χ0) is 18.4. The van der Waals surface area contributed by atoms with Gasteiger partial charge in [-0.25, -0.2) is 0 Å². The fraction of sp³-hybridized carbons (Fsp3) is 0.400. The molecule has 0 saturated carbocycles. The molecule has 0 bridgehead atoms. The number of carbonyl (C=O) groups excluding carboxylic acids is 1. The first-order chi connectivity index (χ1) is 12.7. The first-order valence-electron chi connectivity index (χ1n) is 8.82. The molecule has 0 aliphatic carbocycles. The van der Waals surface area contributed by atoms with Crippen molar-refractivity contribution >= 4 is 22.2 Å². The number of carbonyl (C=O) groups is 1. The third-order valence-corrected chi connectivity index (χ3v) is 5.53. The van der Waals surface area contributed by atoms with E-state index in [0.29, 0.717) is 22.2 Å². The maximum absolute atomic E-state index is 12.5. The van der Waals surface area contributed by atoms with Crippen molar-refractivity contribution in [1.29, 1.82) is 5.26 Å². The largest absolute Gasteiger partial charge is 0.383 e. The predicted molar refractivity (Wildman–Crippen MR) is 103 cm³/mol. The Balaban J connectivity index is 1.69. The van der Waals surface area contributed by atoms with E-state index in [-0.39, 0.29) is 5.91 Å². The highest BCUT2D eigenvalue weighted by Gasteiger charge is 2.22. The molecule has 1 fully saturated rings. The lowest BCUT2D eigenvalue weighted by molar-refractivity contribution is 0.0600. The summed E-state index contributed by atoms with van der Waals surface area (Å²) in [6.45, 7) is 2.62. The van der Waals surface area contributed by atoms with Crippen LogP contribution in [0.1, 0.15) is 40.7 Å². The Morgan fingerprint density at radius 1 is 1.42 bits per heavy atom. The van der Waals surface area contributed by atoms with E-state index in [9.17, 15) is 4.79 Å². The lowest BCUT2D eigenvalue weighted by Gasteiger charge is -2.35. The van der Waals surface area contributed by atoms with Gasteiger partial charge in [-0.05, 0) is 48.5 Å². The van der Waals surface area contributed by atoms with Crippen LogP contribution in [-0.4, -0.2) is 37.1 Å². The van der Waals surface area contributed by atoms with E-state index in [1.807, 2.05) is 12.1 Å². The zero-order valence-corrected chi connectivity index (χ0v) is 15.7. The number of piperidine rings is 1. The quantitative estimate of drug-likeness (QED) is 0.839. The number of methoxy groups -OCH3 is 1. The van der Waals surface area contributed by atoms with Crippen LogP contribution in [0.25, 0.3) is 0 Å². The molecule has 0 spiro atoms. The number of hydrogen-bond donors (Lipinski definition) is 1. The Labute approximate surface area is 158 Å². The number of hydrogen-bond acceptors (Lipinski definition) is 5. The van der Waals surface area contributed by atoms with Crippen molar-refractivity contribution in [2.24, 2.45) is 0 Å². The van der Waals surface area contributed by atoms with Crippen LogP contribution in [0.5, 0.6) is 0 Å². The molecule has 1 aliphatic rings. The van der Waals surface area contributed by atoms with Crippen LogP contribution in [-0.2, 0) is 11.3 Å². The summed E-state index contributed by atoms with van der Waals surface area (Å²) in [6.07, 6.45) is 3.61. The van der Waals surface area contributed by atoms with E-state index in [1.54, 1.807) is 24.6 Å². The van der Waals surface area contributed by atoms with E-state index in [2.05, 4.69) is 22.4 Å². The summed E-state index contributed by atoms with van der Waals surface area (Å²) in [5, 5.41) is 14.3. The van der Waals surface area contributed by atoms with E-state index in [0.717, 1.165) is 31.7 Å². The lowest BCUT2D eigenvalue weighted by Crippen LogP contribution is -2.41. The van der Waals surface area contributed by atoms with Crippen molar-refractivity contribution in [1.82, 2.24) is 4.90 Å². The highest BCUT2D eigenvalue weighted by molar-refractivity contribution is 7.14. The van der Waals surface area contributed by atoms with Gasteiger partial charge in [-0.15, -0.1) is 11.3 Å². The highest BCUT2D eigenvalue weighted by atomic mass is 32.1. The van der Waals surface area contributed by atoms with Crippen LogP contribution in [0.2, 0.25) is 0 Å². The number of likely N-dealkylation sites (tertiary alicyclic amines) is 1. The molecule has 5 nitrogen and oxygen atoms in total. The van der Waals surface area contributed by atoms with Gasteiger partial charge in [-0.1, -0.05) is 18.6 Å². The monoisotopic (exact) mass is 369 g/mol. The van der Waals surface area contributed by atoms with Gasteiger partial charge < -0.3 is 10.1 Å². The summed E-state index contributed by atoms with van der Waals surface area (Å²) < 4.78 is 5.36. The van der Waals surface area contributed by atoms with Crippen LogP contribution in [0.15, 0.2) is 35.7 Å². The van der Waals surface area contributed by atoms with Gasteiger partial charge in [0.15, 0.2) is 0 Å². The number of nitriles is 1. The van der Waals surface area contributed by atoms with Crippen molar-refractivity contribution in [2.75, 3.05) is 25.6 Å². The number of rotatable bonds is 6. The minimum atomic E-state index is -0.183. The molecular weight excluding hydrogens is 346 g/mol. The van der Waals surface area contributed by atoms with E-state index < -0.39 is 0 Å². The molecule has 1 saturated heterocycles. The highest BCUT2D eigenvalue weighted by Crippen LogP contribution is 2.24. The van der Waals surface area contributed by atoms with Crippen LogP contribution in [0, 0.1) is 11.3 Å². The second-order valence-corrected chi connectivity index (χ2v) is 7.42. The molecular formula is C20H23N3O2S. The Bertz CT molecular complexity index is 794. The number of nitrogens with zero attached hydrogens (tertiary/aromatic N) is 2. The molecule has 1 N–H and O–H groups in total. The van der Waals surface area contributed by atoms with Gasteiger partial charge in [-0.3, -0.25) is 9.69 Å². The predicted octanol–water partition coefficient (Wildman–Crippen LogP) is 3.87. The Hall–Kier alpha value is -2.20. The molecule has 1 unspecified atom stereocenters. The second-order valence-electron chi connectivity index (χ2n) is 6.51. The Kier molecular flexibility index (Phi) is 6.40. The first kappa shape index (κ1) is 18.6. The van der Waals surface area contributed by atoms with E-state index in [4.69, 9.17) is 10.00 Å². The molecule has 3 rings (SSSR count). The van der Waals surface area contributed by atoms with Crippen LogP contribution in [0.4, 0.5) is 5.00 Å². The molecule has 136 valence electrons. The fourth-order valence-electron chi connectivity index (χ4n) is 3.36. The fourth-order valence-corrected chi connectivity index (χ4v) is 4.10. The zero-order valence-electron chi connectivity index (χ0n) is 14.9. The lowest BCUT2D eigenvalue weighted by atomic mass is 10.0. The average Bonchev–Trinajstić information content (AvgIpc) is 3.11. The van der Waals surface area contributed by atoms with Crippen molar-refractivity contribution in [3.8, 4) is 6.07 Å². The summed E-state index contributed by atoms with van der Waals surface area (Å²) in [4.78, 5) is 15.0. The summed E-state index contributed by atoms with van der Waals surface area (Å²) >= 11 is 1.36. The minimum absolute atomic E-state index is 0.183. The molecule has 1 aromatic carbocycles. The SMILES string of the molecule is COCC1CCCCN1Cc1cccc(C(=O)Nc2sccc2C#N)c1. The molecule has 2 aromatic rings. The van der Waals surface area contributed by atoms with Gasteiger partial charge >= 0.3 is 0 Å². The normalized spacial score (nSPS) is 17.6. The molecule has 26 heavy (non-hydrogen) atoms. The molecule has 1 amide bonds. The first-order valence-corrected chi connectivity index (χ1v) is 9.70. The van der Waals surface area contributed by atoms with Crippen molar-refractivity contribution in [3.05, 3.63) is 52.4 Å². The van der Waals surface area contributed by atoms with Crippen molar-refractivity contribution in [3.63, 3.8) is 0 Å². The molecule has 1 aliphatic heterocycles. The van der Waals surface area contributed by atoms with Crippen LogP contribution in [0.3, 0.4) is 0 Å². The summed E-state index contributed by atoms with van der Waals surface area (Å²) in [6, 6.07) is 12.0. The smallest absolute Gasteiger partial charge is 0.256 e. The van der Waals surface area contributed by atoms with Gasteiger partial charge in [0.1, 0.15) is 11.1 Å². The van der Waals surface area contributed by atoms with Crippen molar-refractivity contribution < 1.29 is 9.53 Å². The number of thiophene rings is 1. The van der Waals surface area contributed by atoms with Gasteiger partial charge in [0, 0.05) is 25.3 Å². The van der Waals surface area contributed by atoms with E-state index >= 15 is 0 Å².